The van der Waals surface area contributed by atoms with Gasteiger partial charge in [0.25, 0.3) is 0 Å². The molecule has 0 aromatic heterocycles. The molecule has 2 fully saturated rings. The minimum atomic E-state index is 0.729. The summed E-state index contributed by atoms with van der Waals surface area (Å²) in [5, 5.41) is 0.966. The monoisotopic (exact) mass is 277 g/mol. The van der Waals surface area contributed by atoms with Crippen LogP contribution in [0.4, 0.5) is 0 Å². The maximum Gasteiger partial charge on any atom is 0.0440 e. The lowest BCUT2D eigenvalue weighted by Crippen LogP contribution is -2.25. The maximum absolute atomic E-state index is 6.41. The van der Waals surface area contributed by atoms with Crippen LogP contribution in [0.5, 0.6) is 0 Å². The molecule has 1 nitrogen and oxygen atoms in total. The molecule has 1 aliphatic heterocycles. The van der Waals surface area contributed by atoms with E-state index in [0.717, 1.165) is 29.2 Å². The van der Waals surface area contributed by atoms with Crippen molar-refractivity contribution < 1.29 is 0 Å². The summed E-state index contributed by atoms with van der Waals surface area (Å²) in [6.07, 6.45) is 5.18. The molecule has 3 atom stereocenters. The highest BCUT2D eigenvalue weighted by molar-refractivity contribution is 6.31. The Morgan fingerprint density at radius 3 is 2.84 bits per heavy atom. The van der Waals surface area contributed by atoms with Crippen molar-refractivity contribution in [3.63, 3.8) is 0 Å². The van der Waals surface area contributed by atoms with Gasteiger partial charge in [-0.1, -0.05) is 37.1 Å². The Balaban J connectivity index is 1.86. The van der Waals surface area contributed by atoms with Gasteiger partial charge in [-0.2, -0.15) is 0 Å². The van der Waals surface area contributed by atoms with Gasteiger partial charge in [0, 0.05) is 18.1 Å². The Bertz CT molecular complexity index is 457. The molecule has 2 aliphatic rings. The molecule has 1 aliphatic carbocycles. The zero-order chi connectivity index (χ0) is 13.4. The molecule has 104 valence electrons. The fourth-order valence-electron chi connectivity index (χ4n) is 4.19. The van der Waals surface area contributed by atoms with Crippen LogP contribution in [0.3, 0.4) is 0 Å². The lowest BCUT2D eigenvalue weighted by Gasteiger charge is -2.33. The van der Waals surface area contributed by atoms with Gasteiger partial charge in [-0.3, -0.25) is 0 Å². The Morgan fingerprint density at radius 1 is 1.26 bits per heavy atom. The van der Waals surface area contributed by atoms with Gasteiger partial charge in [0.05, 0.1) is 0 Å². The van der Waals surface area contributed by atoms with Gasteiger partial charge >= 0.3 is 0 Å². The number of fused-ring (bicyclic) bond motifs is 1. The van der Waals surface area contributed by atoms with E-state index in [4.69, 9.17) is 11.6 Å². The third kappa shape index (κ3) is 2.55. The molecule has 1 unspecified atom stereocenters. The molecule has 0 bridgehead atoms. The fourth-order valence-corrected chi connectivity index (χ4v) is 4.51. The van der Waals surface area contributed by atoms with Gasteiger partial charge < -0.3 is 4.90 Å². The quantitative estimate of drug-likeness (QED) is 0.777. The summed E-state index contributed by atoms with van der Waals surface area (Å²) in [5.74, 6) is 2.49. The van der Waals surface area contributed by atoms with Gasteiger partial charge in [-0.25, -0.2) is 0 Å². The van der Waals surface area contributed by atoms with E-state index in [-0.39, 0.29) is 0 Å². The van der Waals surface area contributed by atoms with Crippen molar-refractivity contribution in [3.8, 4) is 0 Å². The SMILES string of the molecule is CCc1ccc([C@H]2CCC[C@H]3CN(C)CC32)cc1Cl. The van der Waals surface area contributed by atoms with Crippen molar-refractivity contribution in [2.24, 2.45) is 11.8 Å². The summed E-state index contributed by atoms with van der Waals surface area (Å²) in [6.45, 7) is 4.73. The number of benzene rings is 1. The summed E-state index contributed by atoms with van der Waals surface area (Å²) in [4.78, 5) is 2.51. The van der Waals surface area contributed by atoms with Crippen molar-refractivity contribution in [2.45, 2.75) is 38.5 Å². The first kappa shape index (κ1) is 13.5. The highest BCUT2D eigenvalue weighted by Gasteiger charge is 2.39. The topological polar surface area (TPSA) is 3.24 Å². The van der Waals surface area contributed by atoms with E-state index in [9.17, 15) is 0 Å². The zero-order valence-corrected chi connectivity index (χ0v) is 12.8. The Hall–Kier alpha value is -0.530. The van der Waals surface area contributed by atoms with E-state index in [1.165, 1.54) is 43.5 Å². The van der Waals surface area contributed by atoms with Crippen LogP contribution in [-0.4, -0.2) is 25.0 Å². The third-order valence-electron chi connectivity index (χ3n) is 5.17. The number of aryl methyl sites for hydroxylation is 1. The zero-order valence-electron chi connectivity index (χ0n) is 12.0. The minimum absolute atomic E-state index is 0.729. The number of hydrogen-bond acceptors (Lipinski definition) is 1. The minimum Gasteiger partial charge on any atom is -0.306 e. The van der Waals surface area contributed by atoms with Crippen LogP contribution < -0.4 is 0 Å². The molecule has 2 heteroatoms. The third-order valence-corrected chi connectivity index (χ3v) is 5.52. The molecule has 3 rings (SSSR count). The van der Waals surface area contributed by atoms with Crippen LogP contribution in [-0.2, 0) is 6.42 Å². The lowest BCUT2D eigenvalue weighted by atomic mass is 9.71. The van der Waals surface area contributed by atoms with Crippen molar-refractivity contribution >= 4 is 11.6 Å². The lowest BCUT2D eigenvalue weighted by molar-refractivity contribution is 0.258. The van der Waals surface area contributed by atoms with Crippen molar-refractivity contribution in [2.75, 3.05) is 20.1 Å². The number of likely N-dealkylation sites (tertiary alicyclic amines) is 1. The number of hydrogen-bond donors (Lipinski definition) is 0. The summed E-state index contributed by atoms with van der Waals surface area (Å²) in [7, 11) is 2.27. The van der Waals surface area contributed by atoms with Crippen LogP contribution >= 0.6 is 11.6 Å². The molecular weight excluding hydrogens is 254 g/mol. The Kier molecular flexibility index (Phi) is 3.86. The van der Waals surface area contributed by atoms with E-state index >= 15 is 0 Å². The van der Waals surface area contributed by atoms with Gasteiger partial charge in [-0.05, 0) is 61.3 Å². The van der Waals surface area contributed by atoms with E-state index in [1.54, 1.807) is 0 Å². The highest BCUT2D eigenvalue weighted by Crippen LogP contribution is 2.45. The standard InChI is InChI=1S/C17H24ClN/c1-3-12-7-8-13(9-17(12)18)15-6-4-5-14-10-19(2)11-16(14)15/h7-9,14-16H,3-6,10-11H2,1-2H3/t14-,15+,16?/m0/s1. The molecule has 0 spiro atoms. The molecule has 1 aromatic rings. The average Bonchev–Trinajstić information content (AvgIpc) is 2.78. The van der Waals surface area contributed by atoms with Gasteiger partial charge in [0.1, 0.15) is 0 Å². The first-order valence-electron chi connectivity index (χ1n) is 7.66. The predicted octanol–water partition coefficient (Wildman–Crippen LogP) is 4.35. The van der Waals surface area contributed by atoms with Crippen molar-refractivity contribution in [1.29, 1.82) is 0 Å². The summed E-state index contributed by atoms with van der Waals surface area (Å²) >= 11 is 6.41. The fraction of sp³-hybridized carbons (Fsp3) is 0.647. The van der Waals surface area contributed by atoms with Gasteiger partial charge in [0.2, 0.25) is 0 Å². The first-order valence-corrected chi connectivity index (χ1v) is 8.03. The smallest absolute Gasteiger partial charge is 0.0440 e. The molecule has 0 amide bonds. The summed E-state index contributed by atoms with van der Waals surface area (Å²) in [5.41, 5.74) is 2.76. The van der Waals surface area contributed by atoms with Crippen LogP contribution in [0.2, 0.25) is 5.02 Å². The van der Waals surface area contributed by atoms with Crippen LogP contribution in [0, 0.1) is 11.8 Å². The number of rotatable bonds is 2. The molecular formula is C17H24ClN. The molecule has 0 N–H and O–H groups in total. The molecule has 1 saturated heterocycles. The Labute approximate surface area is 121 Å². The largest absolute Gasteiger partial charge is 0.306 e. The second kappa shape index (κ2) is 5.46. The van der Waals surface area contributed by atoms with E-state index < -0.39 is 0 Å². The number of halogens is 1. The highest BCUT2D eigenvalue weighted by atomic mass is 35.5. The molecule has 1 heterocycles. The van der Waals surface area contributed by atoms with Crippen molar-refractivity contribution in [1.82, 2.24) is 4.90 Å². The first-order chi connectivity index (χ1) is 9.19. The molecule has 0 radical (unpaired) electrons. The van der Waals surface area contributed by atoms with Crippen LogP contribution in [0.15, 0.2) is 18.2 Å². The predicted molar refractivity (Wildman–Crippen MR) is 81.9 cm³/mol. The van der Waals surface area contributed by atoms with Gasteiger partial charge in [-0.15, -0.1) is 0 Å². The molecule has 1 saturated carbocycles. The van der Waals surface area contributed by atoms with Crippen molar-refractivity contribution in [3.05, 3.63) is 34.3 Å². The molecule has 1 aromatic carbocycles. The average molecular weight is 278 g/mol. The summed E-state index contributed by atoms with van der Waals surface area (Å²) in [6, 6.07) is 6.81. The maximum atomic E-state index is 6.41. The van der Waals surface area contributed by atoms with E-state index in [2.05, 4.69) is 37.1 Å². The Morgan fingerprint density at radius 2 is 2.11 bits per heavy atom. The summed E-state index contributed by atoms with van der Waals surface area (Å²) < 4.78 is 0. The van der Waals surface area contributed by atoms with Gasteiger partial charge in [0.15, 0.2) is 0 Å². The second-order valence-electron chi connectivity index (χ2n) is 6.39. The van der Waals surface area contributed by atoms with Crippen LogP contribution in [0.1, 0.15) is 43.2 Å². The second-order valence-corrected chi connectivity index (χ2v) is 6.79. The molecule has 19 heavy (non-hydrogen) atoms. The van der Waals surface area contributed by atoms with E-state index in [0.29, 0.717) is 0 Å². The number of nitrogens with zero attached hydrogens (tertiary/aromatic N) is 1. The normalized spacial score (nSPS) is 31.4. The van der Waals surface area contributed by atoms with Crippen LogP contribution in [0.25, 0.3) is 0 Å². The van der Waals surface area contributed by atoms with E-state index in [1.807, 2.05) is 0 Å².